The number of para-hydroxylation sites is 2. The molecule has 0 radical (unpaired) electrons. The number of fused-ring (bicyclic) bond motifs is 1. The fourth-order valence-electron chi connectivity index (χ4n) is 6.05. The SMILES string of the molecule is O=c1n(CCCN2CCC2)c2ccccc2n1C1CCN(C(=S)NC(c2ccccc2)c2ccccc2)CC1. The predicted molar refractivity (Wildman–Crippen MR) is 162 cm³/mol. The normalized spacial score (nSPS) is 16.5. The maximum absolute atomic E-state index is 13.7. The van der Waals surface area contributed by atoms with Crippen LogP contribution in [0.5, 0.6) is 0 Å². The first-order valence-corrected chi connectivity index (χ1v) is 14.7. The Kier molecular flexibility index (Phi) is 7.79. The van der Waals surface area contributed by atoms with Crippen molar-refractivity contribution < 1.29 is 0 Å². The average Bonchev–Trinajstić information content (AvgIpc) is 3.24. The Balaban J connectivity index is 1.15. The number of benzene rings is 3. The summed E-state index contributed by atoms with van der Waals surface area (Å²) in [7, 11) is 0. The molecule has 4 aromatic rings. The number of hydrogen-bond acceptors (Lipinski definition) is 3. The molecule has 0 atom stereocenters. The second-order valence-corrected chi connectivity index (χ2v) is 11.2. The van der Waals surface area contributed by atoms with Gasteiger partial charge in [-0.1, -0.05) is 72.8 Å². The average molecular weight is 540 g/mol. The molecule has 7 heteroatoms. The van der Waals surface area contributed by atoms with Gasteiger partial charge in [0.2, 0.25) is 0 Å². The van der Waals surface area contributed by atoms with Crippen LogP contribution in [-0.4, -0.2) is 56.8 Å². The van der Waals surface area contributed by atoms with Gasteiger partial charge in [-0.3, -0.25) is 9.13 Å². The van der Waals surface area contributed by atoms with E-state index in [0.29, 0.717) is 0 Å². The minimum absolute atomic E-state index is 0.00511. The predicted octanol–water partition coefficient (Wildman–Crippen LogP) is 5.20. The van der Waals surface area contributed by atoms with Crippen LogP contribution in [-0.2, 0) is 6.54 Å². The van der Waals surface area contributed by atoms with Crippen molar-refractivity contribution in [3.63, 3.8) is 0 Å². The zero-order valence-corrected chi connectivity index (χ0v) is 23.2. The van der Waals surface area contributed by atoms with Crippen molar-refractivity contribution in [2.45, 2.75) is 44.3 Å². The quantitative estimate of drug-likeness (QED) is 0.312. The molecule has 0 unspecified atom stereocenters. The van der Waals surface area contributed by atoms with Crippen molar-refractivity contribution in [3.8, 4) is 0 Å². The van der Waals surface area contributed by atoms with Crippen LogP contribution in [0, 0.1) is 0 Å². The van der Waals surface area contributed by atoms with Gasteiger partial charge in [-0.15, -0.1) is 0 Å². The van der Waals surface area contributed by atoms with E-state index in [0.717, 1.165) is 61.6 Å². The number of rotatable bonds is 8. The molecule has 1 aromatic heterocycles. The third kappa shape index (κ3) is 5.52. The first-order valence-electron chi connectivity index (χ1n) is 14.3. The van der Waals surface area contributed by atoms with Gasteiger partial charge >= 0.3 is 5.69 Å². The second kappa shape index (κ2) is 11.8. The van der Waals surface area contributed by atoms with Crippen LogP contribution in [0.1, 0.15) is 48.9 Å². The van der Waals surface area contributed by atoms with Crippen molar-refractivity contribution in [2.75, 3.05) is 32.7 Å². The molecule has 6 nitrogen and oxygen atoms in total. The number of hydrogen-bond donors (Lipinski definition) is 1. The molecule has 202 valence electrons. The number of nitrogens with one attached hydrogen (secondary N) is 1. The van der Waals surface area contributed by atoms with Gasteiger partial charge in [-0.05, 0) is 80.8 Å². The van der Waals surface area contributed by atoms with E-state index in [1.54, 1.807) is 0 Å². The molecule has 0 saturated carbocycles. The van der Waals surface area contributed by atoms with Crippen molar-refractivity contribution in [2.24, 2.45) is 0 Å². The van der Waals surface area contributed by atoms with E-state index in [1.807, 2.05) is 28.8 Å². The fraction of sp³-hybridized carbons (Fsp3) is 0.375. The van der Waals surface area contributed by atoms with Gasteiger partial charge in [0.1, 0.15) is 0 Å². The van der Waals surface area contributed by atoms with E-state index in [9.17, 15) is 4.79 Å². The number of piperidine rings is 1. The molecule has 39 heavy (non-hydrogen) atoms. The molecule has 0 spiro atoms. The van der Waals surface area contributed by atoms with Crippen LogP contribution >= 0.6 is 12.2 Å². The molecule has 3 aromatic carbocycles. The van der Waals surface area contributed by atoms with Crippen LogP contribution in [0.2, 0.25) is 0 Å². The number of aromatic nitrogens is 2. The van der Waals surface area contributed by atoms with Crippen LogP contribution in [0.4, 0.5) is 0 Å². The fourth-order valence-corrected chi connectivity index (χ4v) is 6.35. The minimum Gasteiger partial charge on any atom is -0.352 e. The van der Waals surface area contributed by atoms with Crippen LogP contribution in [0.25, 0.3) is 11.0 Å². The number of aryl methyl sites for hydroxylation is 1. The second-order valence-electron chi connectivity index (χ2n) is 10.8. The van der Waals surface area contributed by atoms with Gasteiger partial charge in [0.25, 0.3) is 0 Å². The summed E-state index contributed by atoms with van der Waals surface area (Å²) in [4.78, 5) is 18.4. The van der Waals surface area contributed by atoms with Gasteiger partial charge in [0.05, 0.1) is 17.1 Å². The van der Waals surface area contributed by atoms with Crippen LogP contribution in [0.3, 0.4) is 0 Å². The van der Waals surface area contributed by atoms with Crippen LogP contribution in [0.15, 0.2) is 89.7 Å². The van der Waals surface area contributed by atoms with E-state index in [1.165, 1.54) is 30.6 Å². The monoisotopic (exact) mass is 539 g/mol. The highest BCUT2D eigenvalue weighted by Crippen LogP contribution is 2.27. The third-order valence-corrected chi connectivity index (χ3v) is 8.70. The Bertz CT molecular complexity index is 1410. The van der Waals surface area contributed by atoms with E-state index >= 15 is 0 Å². The molecule has 2 aliphatic rings. The van der Waals surface area contributed by atoms with Gasteiger partial charge in [-0.25, -0.2) is 4.79 Å². The maximum atomic E-state index is 13.7. The van der Waals surface area contributed by atoms with Crippen molar-refractivity contribution >= 4 is 28.4 Å². The maximum Gasteiger partial charge on any atom is 0.329 e. The van der Waals surface area contributed by atoms with Crippen LogP contribution < -0.4 is 11.0 Å². The highest BCUT2D eigenvalue weighted by atomic mass is 32.1. The van der Waals surface area contributed by atoms with Crippen molar-refractivity contribution in [3.05, 3.63) is 107 Å². The lowest BCUT2D eigenvalue weighted by Gasteiger charge is -2.35. The zero-order valence-electron chi connectivity index (χ0n) is 22.4. The first kappa shape index (κ1) is 25.8. The molecular formula is C32H37N5OS. The molecule has 0 amide bonds. The summed E-state index contributed by atoms with van der Waals surface area (Å²) in [5.41, 5.74) is 4.62. The van der Waals surface area contributed by atoms with E-state index in [4.69, 9.17) is 12.2 Å². The third-order valence-electron chi connectivity index (χ3n) is 8.32. The van der Waals surface area contributed by atoms with Gasteiger partial charge in [-0.2, -0.15) is 0 Å². The standard InChI is InChI=1S/C32H37N5OS/c38-32-36(22-10-21-34-19-9-20-34)28-15-7-8-16-29(28)37(32)27-17-23-35(24-18-27)31(39)33-30(25-11-3-1-4-12-25)26-13-5-2-6-14-26/h1-8,11-16,27,30H,9-10,17-24H2,(H,33,39). The van der Waals surface area contributed by atoms with E-state index in [-0.39, 0.29) is 17.8 Å². The molecule has 6 rings (SSSR count). The first-order chi connectivity index (χ1) is 19.2. The summed E-state index contributed by atoms with van der Waals surface area (Å²) in [6.07, 6.45) is 4.10. The summed E-state index contributed by atoms with van der Waals surface area (Å²) < 4.78 is 4.06. The zero-order chi connectivity index (χ0) is 26.6. The Morgan fingerprint density at radius 1 is 0.795 bits per heavy atom. The highest BCUT2D eigenvalue weighted by Gasteiger charge is 2.27. The number of likely N-dealkylation sites (tertiary alicyclic amines) is 2. The number of thiocarbonyl (C=S) groups is 1. The number of imidazole rings is 1. The topological polar surface area (TPSA) is 45.4 Å². The van der Waals surface area contributed by atoms with Crippen molar-refractivity contribution in [1.82, 2.24) is 24.3 Å². The van der Waals surface area contributed by atoms with Gasteiger partial charge in [0.15, 0.2) is 5.11 Å². The molecule has 0 aliphatic carbocycles. The lowest BCUT2D eigenvalue weighted by molar-refractivity contribution is 0.176. The summed E-state index contributed by atoms with van der Waals surface area (Å²) >= 11 is 5.93. The summed E-state index contributed by atoms with van der Waals surface area (Å²) in [5, 5.41) is 4.41. The number of nitrogens with zero attached hydrogens (tertiary/aromatic N) is 4. The van der Waals surface area contributed by atoms with Gasteiger partial charge < -0.3 is 15.1 Å². The van der Waals surface area contributed by atoms with E-state index < -0.39 is 0 Å². The minimum atomic E-state index is -0.00511. The Morgan fingerprint density at radius 2 is 1.38 bits per heavy atom. The smallest absolute Gasteiger partial charge is 0.329 e. The molecule has 0 bridgehead atoms. The van der Waals surface area contributed by atoms with Crippen molar-refractivity contribution in [1.29, 1.82) is 0 Å². The lowest BCUT2D eigenvalue weighted by Crippen LogP contribution is -2.46. The molecular weight excluding hydrogens is 502 g/mol. The summed E-state index contributed by atoms with van der Waals surface area (Å²) in [6.45, 7) is 5.89. The Hall–Kier alpha value is -3.42. The van der Waals surface area contributed by atoms with Gasteiger partial charge in [0, 0.05) is 25.7 Å². The molecule has 3 heterocycles. The molecule has 2 saturated heterocycles. The molecule has 1 N–H and O–H groups in total. The largest absolute Gasteiger partial charge is 0.352 e. The summed E-state index contributed by atoms with van der Waals surface area (Å²) in [6, 6.07) is 29.4. The molecule has 2 fully saturated rings. The lowest BCUT2D eigenvalue weighted by atomic mass is 9.99. The Morgan fingerprint density at radius 3 is 1.97 bits per heavy atom. The molecule has 2 aliphatic heterocycles. The van der Waals surface area contributed by atoms with E-state index in [2.05, 4.69) is 80.3 Å². The Labute approximate surface area is 235 Å². The highest BCUT2D eigenvalue weighted by molar-refractivity contribution is 7.80. The summed E-state index contributed by atoms with van der Waals surface area (Å²) in [5.74, 6) is 0.